The van der Waals surface area contributed by atoms with Gasteiger partial charge in [0.1, 0.15) is 0 Å². The first-order chi connectivity index (χ1) is 4.88. The zero-order valence-corrected chi connectivity index (χ0v) is 8.13. The molecule has 0 unspecified atom stereocenters. The summed E-state index contributed by atoms with van der Waals surface area (Å²) in [7, 11) is 0. The Balaban J connectivity index is 2.45. The number of ether oxygens (including phenoxy) is 2. The van der Waals surface area contributed by atoms with Gasteiger partial charge in [-0.3, -0.25) is 0 Å². The standard InChI is InChI=1S/C7H11IO2/c1-2-6(5-8)7-9-3-4-10-7/h5,7H,2-4H2,1H3. The minimum Gasteiger partial charge on any atom is -0.346 e. The van der Waals surface area contributed by atoms with Gasteiger partial charge in [-0.05, 0) is 16.1 Å². The van der Waals surface area contributed by atoms with Gasteiger partial charge in [0.15, 0.2) is 6.29 Å². The van der Waals surface area contributed by atoms with Gasteiger partial charge >= 0.3 is 0 Å². The summed E-state index contributed by atoms with van der Waals surface area (Å²) in [5.41, 5.74) is 1.23. The van der Waals surface area contributed by atoms with Crippen LogP contribution in [-0.4, -0.2) is 19.5 Å². The molecule has 2 nitrogen and oxygen atoms in total. The smallest absolute Gasteiger partial charge is 0.180 e. The lowest BCUT2D eigenvalue weighted by atomic mass is 10.2. The minimum atomic E-state index is -0.0538. The van der Waals surface area contributed by atoms with Crippen LogP contribution in [0.2, 0.25) is 0 Å². The number of rotatable bonds is 2. The van der Waals surface area contributed by atoms with Crippen LogP contribution in [0.25, 0.3) is 0 Å². The molecule has 58 valence electrons. The maximum atomic E-state index is 5.30. The highest BCUT2D eigenvalue weighted by atomic mass is 127. The summed E-state index contributed by atoms with van der Waals surface area (Å²) in [5.74, 6) is 0. The SMILES string of the molecule is CCC(=CI)C1OCCO1. The van der Waals surface area contributed by atoms with E-state index in [1.807, 2.05) is 4.08 Å². The summed E-state index contributed by atoms with van der Waals surface area (Å²) in [6.45, 7) is 3.58. The molecule has 0 spiro atoms. The first kappa shape index (κ1) is 8.49. The molecule has 1 aliphatic heterocycles. The van der Waals surface area contributed by atoms with Crippen LogP contribution >= 0.6 is 22.6 Å². The predicted octanol–water partition coefficient (Wildman–Crippen LogP) is 2.09. The van der Waals surface area contributed by atoms with E-state index in [4.69, 9.17) is 9.47 Å². The van der Waals surface area contributed by atoms with Crippen LogP contribution in [0.5, 0.6) is 0 Å². The number of halogens is 1. The van der Waals surface area contributed by atoms with Crippen molar-refractivity contribution in [3.63, 3.8) is 0 Å². The summed E-state index contributed by atoms with van der Waals surface area (Å²) in [4.78, 5) is 0. The molecule has 0 radical (unpaired) electrons. The van der Waals surface area contributed by atoms with Crippen LogP contribution in [0.4, 0.5) is 0 Å². The van der Waals surface area contributed by atoms with E-state index in [2.05, 4.69) is 29.5 Å². The van der Waals surface area contributed by atoms with Crippen molar-refractivity contribution in [3.05, 3.63) is 9.66 Å². The lowest BCUT2D eigenvalue weighted by molar-refractivity contribution is -0.0127. The Labute approximate surface area is 74.7 Å². The van der Waals surface area contributed by atoms with E-state index in [1.54, 1.807) is 0 Å². The van der Waals surface area contributed by atoms with E-state index in [0.717, 1.165) is 19.6 Å². The molecular weight excluding hydrogens is 243 g/mol. The van der Waals surface area contributed by atoms with Crippen LogP contribution in [-0.2, 0) is 9.47 Å². The average Bonchev–Trinajstić information content (AvgIpc) is 2.43. The quantitative estimate of drug-likeness (QED) is 0.702. The van der Waals surface area contributed by atoms with E-state index in [0.29, 0.717) is 0 Å². The normalized spacial score (nSPS) is 22.0. The third-order valence-corrected chi connectivity index (χ3v) is 2.27. The molecule has 3 heteroatoms. The summed E-state index contributed by atoms with van der Waals surface area (Å²) < 4.78 is 12.6. The van der Waals surface area contributed by atoms with Gasteiger partial charge in [0, 0.05) is 0 Å². The van der Waals surface area contributed by atoms with Gasteiger partial charge in [-0.15, -0.1) is 0 Å². The van der Waals surface area contributed by atoms with Crippen LogP contribution in [0, 0.1) is 0 Å². The highest BCUT2D eigenvalue weighted by Gasteiger charge is 2.18. The number of hydrogen-bond acceptors (Lipinski definition) is 2. The van der Waals surface area contributed by atoms with Crippen molar-refractivity contribution in [3.8, 4) is 0 Å². The molecule has 0 aromatic rings. The first-order valence-electron chi connectivity index (χ1n) is 3.40. The van der Waals surface area contributed by atoms with Gasteiger partial charge < -0.3 is 9.47 Å². The Morgan fingerprint density at radius 2 is 2.20 bits per heavy atom. The van der Waals surface area contributed by atoms with Crippen molar-refractivity contribution in [2.75, 3.05) is 13.2 Å². The summed E-state index contributed by atoms with van der Waals surface area (Å²) in [6.07, 6.45) is 0.954. The average molecular weight is 254 g/mol. The first-order valence-corrected chi connectivity index (χ1v) is 4.65. The van der Waals surface area contributed by atoms with Crippen LogP contribution in [0.1, 0.15) is 13.3 Å². The Kier molecular flexibility index (Phi) is 3.65. The van der Waals surface area contributed by atoms with Gasteiger partial charge in [0.2, 0.25) is 0 Å². The van der Waals surface area contributed by atoms with E-state index < -0.39 is 0 Å². The fraction of sp³-hybridized carbons (Fsp3) is 0.714. The summed E-state index contributed by atoms with van der Waals surface area (Å²) >= 11 is 2.22. The second-order valence-corrected chi connectivity index (χ2v) is 2.73. The topological polar surface area (TPSA) is 18.5 Å². The zero-order valence-electron chi connectivity index (χ0n) is 5.97. The molecule has 0 N–H and O–H groups in total. The Morgan fingerprint density at radius 1 is 1.60 bits per heavy atom. The molecule has 0 saturated carbocycles. The molecule has 10 heavy (non-hydrogen) atoms. The maximum Gasteiger partial charge on any atom is 0.180 e. The predicted molar refractivity (Wildman–Crippen MR) is 48.1 cm³/mol. The Bertz CT molecular complexity index is 128. The van der Waals surface area contributed by atoms with Crippen molar-refractivity contribution in [2.45, 2.75) is 19.6 Å². The molecule has 0 aliphatic carbocycles. The largest absolute Gasteiger partial charge is 0.346 e. The molecule has 0 amide bonds. The van der Waals surface area contributed by atoms with Crippen molar-refractivity contribution in [1.29, 1.82) is 0 Å². The molecule has 0 atom stereocenters. The van der Waals surface area contributed by atoms with E-state index in [-0.39, 0.29) is 6.29 Å². The Morgan fingerprint density at radius 3 is 2.60 bits per heavy atom. The molecule has 1 aliphatic rings. The monoisotopic (exact) mass is 254 g/mol. The Hall–Kier alpha value is 0.390. The highest BCUT2D eigenvalue weighted by Crippen LogP contribution is 2.17. The third-order valence-electron chi connectivity index (χ3n) is 1.47. The van der Waals surface area contributed by atoms with E-state index in [1.165, 1.54) is 5.57 Å². The number of hydrogen-bond donors (Lipinski definition) is 0. The molecule has 1 fully saturated rings. The summed E-state index contributed by atoms with van der Waals surface area (Å²) in [6, 6.07) is 0. The molecule has 1 heterocycles. The molecule has 1 saturated heterocycles. The van der Waals surface area contributed by atoms with Crippen molar-refractivity contribution in [2.24, 2.45) is 0 Å². The van der Waals surface area contributed by atoms with Gasteiger partial charge in [-0.1, -0.05) is 29.5 Å². The fourth-order valence-electron chi connectivity index (χ4n) is 0.868. The lowest BCUT2D eigenvalue weighted by Crippen LogP contribution is -2.09. The minimum absolute atomic E-state index is 0.0538. The van der Waals surface area contributed by atoms with E-state index >= 15 is 0 Å². The van der Waals surface area contributed by atoms with Gasteiger partial charge in [-0.2, -0.15) is 0 Å². The van der Waals surface area contributed by atoms with E-state index in [9.17, 15) is 0 Å². The molecule has 0 bridgehead atoms. The fourth-order valence-corrected chi connectivity index (χ4v) is 1.60. The van der Waals surface area contributed by atoms with Crippen molar-refractivity contribution < 1.29 is 9.47 Å². The van der Waals surface area contributed by atoms with Crippen molar-refractivity contribution >= 4 is 22.6 Å². The van der Waals surface area contributed by atoms with Crippen molar-refractivity contribution in [1.82, 2.24) is 0 Å². The van der Waals surface area contributed by atoms with Gasteiger partial charge in [-0.25, -0.2) is 0 Å². The zero-order chi connectivity index (χ0) is 7.40. The van der Waals surface area contributed by atoms with Gasteiger partial charge in [0.25, 0.3) is 0 Å². The third kappa shape index (κ3) is 1.93. The molecule has 0 aromatic heterocycles. The summed E-state index contributed by atoms with van der Waals surface area (Å²) in [5, 5.41) is 0. The molecule has 0 aromatic carbocycles. The lowest BCUT2D eigenvalue weighted by Gasteiger charge is -2.09. The second-order valence-electron chi connectivity index (χ2n) is 2.11. The van der Waals surface area contributed by atoms with Crippen LogP contribution in [0.15, 0.2) is 9.66 Å². The highest BCUT2D eigenvalue weighted by molar-refractivity contribution is 14.1. The molecule has 1 rings (SSSR count). The maximum absolute atomic E-state index is 5.30. The van der Waals surface area contributed by atoms with Gasteiger partial charge in [0.05, 0.1) is 13.2 Å². The van der Waals surface area contributed by atoms with Crippen LogP contribution < -0.4 is 0 Å². The van der Waals surface area contributed by atoms with Crippen LogP contribution in [0.3, 0.4) is 0 Å². The second kappa shape index (κ2) is 4.31. The molecular formula is C7H11IO2.